The van der Waals surface area contributed by atoms with Crippen molar-refractivity contribution in [3.05, 3.63) is 44.9 Å². The molecule has 1 N–H and O–H groups in total. The highest BCUT2D eigenvalue weighted by atomic mass is 16.5. The predicted molar refractivity (Wildman–Crippen MR) is 116 cm³/mol. The van der Waals surface area contributed by atoms with Gasteiger partial charge in [-0.1, -0.05) is 6.42 Å². The first-order valence-corrected chi connectivity index (χ1v) is 10.8. The van der Waals surface area contributed by atoms with Crippen LogP contribution in [0.5, 0.6) is 0 Å². The van der Waals surface area contributed by atoms with Crippen molar-refractivity contribution in [1.82, 2.24) is 24.6 Å². The minimum Gasteiger partial charge on any atom is -0.414 e. The van der Waals surface area contributed by atoms with Gasteiger partial charge >= 0.3 is 11.3 Å². The Hall–Kier alpha value is -3.20. The molecule has 0 atom stereocenters. The Morgan fingerprint density at radius 3 is 2.65 bits per heavy atom. The van der Waals surface area contributed by atoms with Crippen molar-refractivity contribution in [2.45, 2.75) is 45.6 Å². The van der Waals surface area contributed by atoms with Crippen LogP contribution in [0.2, 0.25) is 0 Å². The van der Waals surface area contributed by atoms with Crippen molar-refractivity contribution < 1.29 is 8.83 Å². The van der Waals surface area contributed by atoms with Gasteiger partial charge in [-0.2, -0.15) is 5.10 Å². The summed E-state index contributed by atoms with van der Waals surface area (Å²) in [5.74, 6) is 0.597. The van der Waals surface area contributed by atoms with Crippen LogP contribution in [0.3, 0.4) is 0 Å². The van der Waals surface area contributed by atoms with Crippen molar-refractivity contribution in [2.24, 2.45) is 0 Å². The Bertz CT molecular complexity index is 1350. The molecule has 4 heterocycles. The third kappa shape index (κ3) is 3.59. The molecule has 0 unspecified atom stereocenters. The molecular formula is C22H25N5O4. The summed E-state index contributed by atoms with van der Waals surface area (Å²) >= 11 is 0. The van der Waals surface area contributed by atoms with E-state index in [1.165, 1.54) is 19.3 Å². The number of H-pyrrole nitrogens is 1. The monoisotopic (exact) mass is 423 g/mol. The van der Waals surface area contributed by atoms with Crippen LogP contribution in [-0.2, 0) is 6.42 Å². The van der Waals surface area contributed by atoms with Gasteiger partial charge < -0.3 is 18.7 Å². The van der Waals surface area contributed by atoms with Crippen molar-refractivity contribution in [3.8, 4) is 11.5 Å². The number of benzene rings is 1. The van der Waals surface area contributed by atoms with Crippen LogP contribution >= 0.6 is 0 Å². The van der Waals surface area contributed by atoms with Crippen molar-refractivity contribution in [2.75, 3.05) is 19.6 Å². The topological polar surface area (TPSA) is 110 Å². The summed E-state index contributed by atoms with van der Waals surface area (Å²) in [5.41, 5.74) is 0.721. The molecule has 0 amide bonds. The number of nitrogens with zero attached hydrogens (tertiary/aromatic N) is 4. The van der Waals surface area contributed by atoms with Crippen molar-refractivity contribution in [3.63, 3.8) is 0 Å². The molecule has 1 fully saturated rings. The van der Waals surface area contributed by atoms with E-state index in [-0.39, 0.29) is 17.2 Å². The normalized spacial score (nSPS) is 15.5. The summed E-state index contributed by atoms with van der Waals surface area (Å²) in [6, 6.07) is 3.51. The number of hydrogen-bond acceptors (Lipinski definition) is 7. The lowest BCUT2D eigenvalue weighted by molar-refractivity contribution is 0.231. The fourth-order valence-corrected chi connectivity index (χ4v) is 4.27. The third-order valence-electron chi connectivity index (χ3n) is 5.84. The molecule has 5 rings (SSSR count). The molecular weight excluding hydrogens is 398 g/mol. The second-order valence-electron chi connectivity index (χ2n) is 8.36. The first-order valence-electron chi connectivity index (χ1n) is 10.8. The average molecular weight is 423 g/mol. The lowest BCUT2D eigenvalue weighted by atomic mass is 10.1. The van der Waals surface area contributed by atoms with Gasteiger partial charge in [-0.25, -0.2) is 14.6 Å². The summed E-state index contributed by atoms with van der Waals surface area (Å²) in [4.78, 5) is 33.9. The van der Waals surface area contributed by atoms with E-state index in [0.717, 1.165) is 37.3 Å². The molecule has 9 heteroatoms. The van der Waals surface area contributed by atoms with E-state index in [1.54, 1.807) is 6.07 Å². The average Bonchev–Trinajstić information content (AvgIpc) is 3.38. The second-order valence-corrected chi connectivity index (χ2v) is 8.36. The number of imidazole rings is 1. The molecule has 3 aromatic heterocycles. The van der Waals surface area contributed by atoms with Gasteiger partial charge in [0.1, 0.15) is 5.69 Å². The maximum atomic E-state index is 11.9. The van der Waals surface area contributed by atoms with Gasteiger partial charge in [0.2, 0.25) is 0 Å². The van der Waals surface area contributed by atoms with Crippen LogP contribution in [0.25, 0.3) is 33.6 Å². The third-order valence-corrected chi connectivity index (χ3v) is 5.84. The molecule has 0 spiro atoms. The maximum absolute atomic E-state index is 11.9. The highest BCUT2D eigenvalue weighted by Crippen LogP contribution is 2.33. The number of piperidine rings is 1. The molecule has 1 aliphatic rings. The van der Waals surface area contributed by atoms with Gasteiger partial charge in [-0.3, -0.25) is 4.68 Å². The zero-order valence-corrected chi connectivity index (χ0v) is 17.7. The largest absolute Gasteiger partial charge is 0.423 e. The molecule has 31 heavy (non-hydrogen) atoms. The lowest BCUT2D eigenvalue weighted by Crippen LogP contribution is -2.31. The van der Waals surface area contributed by atoms with E-state index < -0.39 is 11.3 Å². The van der Waals surface area contributed by atoms with Gasteiger partial charge in [0.05, 0.1) is 10.9 Å². The number of nitrogens with one attached hydrogen (secondary N) is 1. The number of rotatable bonds is 5. The van der Waals surface area contributed by atoms with Gasteiger partial charge in [0.15, 0.2) is 17.0 Å². The van der Waals surface area contributed by atoms with E-state index in [0.29, 0.717) is 16.9 Å². The number of fused-ring (bicyclic) bond motifs is 3. The highest BCUT2D eigenvalue weighted by molar-refractivity contribution is 6.07. The van der Waals surface area contributed by atoms with Crippen molar-refractivity contribution >= 4 is 22.1 Å². The molecule has 1 aromatic carbocycles. The molecule has 4 aromatic rings. The standard InChI is InChI=1S/C22H25N5O4/c1-13(2)27-15-6-7-16-19(31-22(29)21(28)30-16)17(15)18(25-27)20-23-12-14(24-20)8-11-26-9-4-3-5-10-26/h6-7,12-13H,3-5,8-11H2,1-2H3,(H,23,24). The van der Waals surface area contributed by atoms with Gasteiger partial charge in [0, 0.05) is 30.9 Å². The van der Waals surface area contributed by atoms with Gasteiger partial charge in [0.25, 0.3) is 0 Å². The lowest BCUT2D eigenvalue weighted by Gasteiger charge is -2.25. The zero-order valence-electron chi connectivity index (χ0n) is 17.7. The Morgan fingerprint density at radius 2 is 1.87 bits per heavy atom. The molecule has 1 aliphatic heterocycles. The Morgan fingerprint density at radius 1 is 1.10 bits per heavy atom. The van der Waals surface area contributed by atoms with Crippen LogP contribution in [0, 0.1) is 0 Å². The predicted octanol–water partition coefficient (Wildman–Crippen LogP) is 3.10. The minimum atomic E-state index is -1.04. The van der Waals surface area contributed by atoms with Crippen LogP contribution in [0.15, 0.2) is 36.8 Å². The smallest absolute Gasteiger partial charge is 0.414 e. The number of aromatic nitrogens is 4. The van der Waals surface area contributed by atoms with E-state index in [4.69, 9.17) is 13.9 Å². The fourth-order valence-electron chi connectivity index (χ4n) is 4.27. The molecule has 162 valence electrons. The first kappa shape index (κ1) is 19.7. The Kier molecular flexibility index (Phi) is 4.97. The molecule has 0 aliphatic carbocycles. The van der Waals surface area contributed by atoms with E-state index in [1.807, 2.05) is 30.8 Å². The number of aromatic amines is 1. The summed E-state index contributed by atoms with van der Waals surface area (Å²) < 4.78 is 12.3. The number of likely N-dealkylation sites (tertiary alicyclic amines) is 1. The summed E-state index contributed by atoms with van der Waals surface area (Å²) in [6.07, 6.45) is 6.56. The van der Waals surface area contributed by atoms with Gasteiger partial charge in [-0.15, -0.1) is 0 Å². The van der Waals surface area contributed by atoms with Crippen LogP contribution < -0.4 is 11.3 Å². The summed E-state index contributed by atoms with van der Waals surface area (Å²) in [5, 5.41) is 5.36. The second kappa shape index (κ2) is 7.81. The molecule has 0 radical (unpaired) electrons. The Labute approximate surface area is 177 Å². The fraction of sp³-hybridized carbons (Fsp3) is 0.455. The summed E-state index contributed by atoms with van der Waals surface area (Å²) in [7, 11) is 0. The highest BCUT2D eigenvalue weighted by Gasteiger charge is 2.22. The first-order chi connectivity index (χ1) is 15.0. The van der Waals surface area contributed by atoms with Gasteiger partial charge in [-0.05, 0) is 51.9 Å². The van der Waals surface area contributed by atoms with Crippen LogP contribution in [0.1, 0.15) is 44.8 Å². The summed E-state index contributed by atoms with van der Waals surface area (Å²) in [6.45, 7) is 7.34. The quantitative estimate of drug-likeness (QED) is 0.491. The minimum absolute atomic E-state index is 0.0738. The van der Waals surface area contributed by atoms with E-state index in [2.05, 4.69) is 14.9 Å². The molecule has 0 bridgehead atoms. The SMILES string of the molecule is CC(C)n1nc(-c2ncc(CCN3CCCCC3)[nH]2)c2c3oc(=O)c(=O)oc3ccc21. The molecule has 0 saturated carbocycles. The molecule has 9 nitrogen and oxygen atoms in total. The Balaban J connectivity index is 1.58. The number of hydrogen-bond donors (Lipinski definition) is 1. The van der Waals surface area contributed by atoms with E-state index >= 15 is 0 Å². The van der Waals surface area contributed by atoms with E-state index in [9.17, 15) is 9.59 Å². The van der Waals surface area contributed by atoms with Crippen LogP contribution in [0.4, 0.5) is 0 Å². The zero-order chi connectivity index (χ0) is 21.5. The maximum Gasteiger partial charge on any atom is 0.423 e. The van der Waals surface area contributed by atoms with Crippen molar-refractivity contribution in [1.29, 1.82) is 0 Å². The molecule has 1 saturated heterocycles. The van der Waals surface area contributed by atoms with Crippen LogP contribution in [-0.4, -0.2) is 44.3 Å².